The summed E-state index contributed by atoms with van der Waals surface area (Å²) < 4.78 is 30.4. The Morgan fingerprint density at radius 1 is 1.11 bits per heavy atom. The van der Waals surface area contributed by atoms with Crippen molar-refractivity contribution in [2.24, 2.45) is 0 Å². The van der Waals surface area contributed by atoms with Crippen LogP contribution in [0.4, 0.5) is 0 Å². The van der Waals surface area contributed by atoms with Crippen molar-refractivity contribution >= 4 is 21.9 Å². The van der Waals surface area contributed by atoms with Gasteiger partial charge in [0.2, 0.25) is 0 Å². The van der Waals surface area contributed by atoms with Crippen molar-refractivity contribution in [2.45, 2.75) is 24.5 Å². The molecule has 2 rings (SSSR count). The van der Waals surface area contributed by atoms with Crippen molar-refractivity contribution in [3.63, 3.8) is 0 Å². The minimum Gasteiger partial charge on any atom is -0.449 e. The lowest BCUT2D eigenvalue weighted by molar-refractivity contribution is -0.129. The molecular formula is C19H22N2O6S. The molecule has 8 nitrogen and oxygen atoms in total. The molecular weight excluding hydrogens is 384 g/mol. The minimum absolute atomic E-state index is 0.00767. The van der Waals surface area contributed by atoms with Crippen LogP contribution >= 0.6 is 0 Å². The van der Waals surface area contributed by atoms with Crippen molar-refractivity contribution in [1.82, 2.24) is 9.79 Å². The molecule has 150 valence electrons. The second-order valence-corrected chi connectivity index (χ2v) is 7.81. The van der Waals surface area contributed by atoms with Crippen LogP contribution in [-0.2, 0) is 30.9 Å². The van der Waals surface area contributed by atoms with Gasteiger partial charge in [0.05, 0.1) is 17.6 Å². The van der Waals surface area contributed by atoms with Gasteiger partial charge in [0.1, 0.15) is 0 Å². The quantitative estimate of drug-likeness (QED) is 0.529. The molecule has 0 aliphatic heterocycles. The van der Waals surface area contributed by atoms with Crippen LogP contribution in [-0.4, -0.2) is 45.0 Å². The highest BCUT2D eigenvalue weighted by Crippen LogP contribution is 2.17. The van der Waals surface area contributed by atoms with Crippen molar-refractivity contribution in [2.75, 3.05) is 14.2 Å². The Labute approximate surface area is 164 Å². The molecule has 1 amide bonds. The first-order valence-electron chi connectivity index (χ1n) is 8.41. The van der Waals surface area contributed by atoms with Gasteiger partial charge in [-0.25, -0.2) is 13.2 Å². The lowest BCUT2D eigenvalue weighted by Crippen LogP contribution is -2.35. The van der Waals surface area contributed by atoms with E-state index >= 15 is 0 Å². The molecule has 28 heavy (non-hydrogen) atoms. The van der Waals surface area contributed by atoms with E-state index < -0.39 is 28.0 Å². The summed E-state index contributed by atoms with van der Waals surface area (Å²) in [5.41, 5.74) is 0.919. The monoisotopic (exact) mass is 406 g/mol. The van der Waals surface area contributed by atoms with Gasteiger partial charge in [0.25, 0.3) is 15.9 Å². The van der Waals surface area contributed by atoms with Crippen molar-refractivity contribution in [3.8, 4) is 0 Å². The van der Waals surface area contributed by atoms with Crippen LogP contribution < -0.4 is 5.32 Å². The highest BCUT2D eigenvalue weighted by atomic mass is 32.2. The molecule has 2 aromatic rings. The topological polar surface area (TPSA) is 102 Å². The van der Waals surface area contributed by atoms with Crippen molar-refractivity contribution < 1.29 is 27.6 Å². The summed E-state index contributed by atoms with van der Waals surface area (Å²) in [7, 11) is -1.46. The van der Waals surface area contributed by atoms with E-state index in [4.69, 9.17) is 9.57 Å². The molecule has 0 saturated carbocycles. The number of esters is 1. The summed E-state index contributed by atoms with van der Waals surface area (Å²) in [5.74, 6) is -1.26. The van der Waals surface area contributed by atoms with Gasteiger partial charge in [-0.3, -0.25) is 9.63 Å². The maximum atomic E-state index is 12.3. The van der Waals surface area contributed by atoms with E-state index in [9.17, 15) is 18.0 Å². The first-order chi connectivity index (χ1) is 13.3. The fraction of sp³-hybridized carbons (Fsp3) is 0.263. The zero-order valence-electron chi connectivity index (χ0n) is 15.8. The van der Waals surface area contributed by atoms with Crippen molar-refractivity contribution in [1.29, 1.82) is 0 Å². The standard InChI is InChI=1S/C19H22N2O6S/c1-14(18(22)20-13-15-8-5-4-6-9-15)27-19(23)16-10-7-11-17(12-16)28(24,25)21(2)26-3/h4-12,14H,13H2,1-3H3,(H,20,22)/t14-/m1/s1. The van der Waals surface area contributed by atoms with E-state index in [1.807, 2.05) is 30.3 Å². The SMILES string of the molecule is CON(C)S(=O)(=O)c1cccc(C(=O)O[C@H](C)C(=O)NCc2ccccc2)c1. The molecule has 0 aromatic heterocycles. The number of carbonyl (C=O) groups is 2. The molecule has 1 N–H and O–H groups in total. The van der Waals surface area contributed by atoms with Gasteiger partial charge in [-0.15, -0.1) is 0 Å². The lowest BCUT2D eigenvalue weighted by Gasteiger charge is -2.16. The number of hydroxylamine groups is 1. The average molecular weight is 406 g/mol. The average Bonchev–Trinajstić information content (AvgIpc) is 2.71. The Morgan fingerprint density at radius 3 is 2.43 bits per heavy atom. The molecule has 0 radical (unpaired) electrons. The van der Waals surface area contributed by atoms with Crippen LogP contribution in [0.25, 0.3) is 0 Å². The predicted octanol–water partition coefficient (Wildman–Crippen LogP) is 1.73. The van der Waals surface area contributed by atoms with Crippen molar-refractivity contribution in [3.05, 3.63) is 65.7 Å². The van der Waals surface area contributed by atoms with Gasteiger partial charge in [-0.1, -0.05) is 40.9 Å². The van der Waals surface area contributed by atoms with Crippen LogP contribution in [0.2, 0.25) is 0 Å². The number of nitrogens with one attached hydrogen (secondary N) is 1. The van der Waals surface area contributed by atoms with Crippen LogP contribution in [0, 0.1) is 0 Å². The Hall–Kier alpha value is -2.75. The van der Waals surface area contributed by atoms with Gasteiger partial charge >= 0.3 is 5.97 Å². The summed E-state index contributed by atoms with van der Waals surface area (Å²) in [6.07, 6.45) is -1.04. The number of hydrogen-bond donors (Lipinski definition) is 1. The van der Waals surface area contributed by atoms with Crippen LogP contribution in [0.5, 0.6) is 0 Å². The molecule has 1 atom stereocenters. The Balaban J connectivity index is 2.02. The van der Waals surface area contributed by atoms with Crippen LogP contribution in [0.3, 0.4) is 0 Å². The zero-order chi connectivity index (χ0) is 20.7. The third-order valence-electron chi connectivity index (χ3n) is 3.93. The van der Waals surface area contributed by atoms with Crippen LogP contribution in [0.15, 0.2) is 59.5 Å². The van der Waals surface area contributed by atoms with Crippen LogP contribution in [0.1, 0.15) is 22.8 Å². The van der Waals surface area contributed by atoms with Gasteiger partial charge in [0, 0.05) is 13.6 Å². The van der Waals surface area contributed by atoms with Gasteiger partial charge < -0.3 is 10.1 Å². The first kappa shape index (κ1) is 21.5. The predicted molar refractivity (Wildman–Crippen MR) is 102 cm³/mol. The molecule has 0 aliphatic carbocycles. The minimum atomic E-state index is -3.91. The molecule has 9 heteroatoms. The molecule has 0 heterocycles. The maximum Gasteiger partial charge on any atom is 0.338 e. The molecule has 0 aliphatic rings. The zero-order valence-corrected chi connectivity index (χ0v) is 16.6. The van der Waals surface area contributed by atoms with E-state index in [1.165, 1.54) is 45.3 Å². The summed E-state index contributed by atoms with van der Waals surface area (Å²) in [6, 6.07) is 14.6. The first-order valence-corrected chi connectivity index (χ1v) is 9.85. The fourth-order valence-electron chi connectivity index (χ4n) is 2.24. The van der Waals surface area contributed by atoms with E-state index in [2.05, 4.69) is 5.32 Å². The molecule has 0 fully saturated rings. The Morgan fingerprint density at radius 2 is 1.79 bits per heavy atom. The summed E-state index contributed by atoms with van der Waals surface area (Å²) >= 11 is 0. The number of rotatable bonds is 8. The second-order valence-electron chi connectivity index (χ2n) is 5.88. The second kappa shape index (κ2) is 9.45. The number of ether oxygens (including phenoxy) is 1. The summed E-state index contributed by atoms with van der Waals surface area (Å²) in [5, 5.41) is 2.68. The molecule has 2 aromatic carbocycles. The van der Waals surface area contributed by atoms with Gasteiger partial charge in [0.15, 0.2) is 6.10 Å². The molecule has 0 unspecified atom stereocenters. The number of hydrogen-bond acceptors (Lipinski definition) is 6. The number of carbonyl (C=O) groups excluding carboxylic acids is 2. The highest BCUT2D eigenvalue weighted by molar-refractivity contribution is 7.89. The Kier molecular flexibility index (Phi) is 7.27. The van der Waals surface area contributed by atoms with Gasteiger partial charge in [-0.05, 0) is 30.7 Å². The third-order valence-corrected chi connectivity index (χ3v) is 5.60. The maximum absolute atomic E-state index is 12.3. The number of amides is 1. The molecule has 0 spiro atoms. The van der Waals surface area contributed by atoms with E-state index in [-0.39, 0.29) is 10.5 Å². The summed E-state index contributed by atoms with van der Waals surface area (Å²) in [4.78, 5) is 29.0. The van der Waals surface area contributed by atoms with E-state index in [1.54, 1.807) is 0 Å². The lowest BCUT2D eigenvalue weighted by atomic mass is 10.2. The highest BCUT2D eigenvalue weighted by Gasteiger charge is 2.24. The Bertz CT molecular complexity index is 930. The molecule has 0 bridgehead atoms. The number of nitrogens with zero attached hydrogens (tertiary/aromatic N) is 1. The largest absolute Gasteiger partial charge is 0.449 e. The summed E-state index contributed by atoms with van der Waals surface area (Å²) in [6.45, 7) is 1.75. The molecule has 0 saturated heterocycles. The number of benzene rings is 2. The smallest absolute Gasteiger partial charge is 0.338 e. The third kappa shape index (κ3) is 5.38. The normalized spacial score (nSPS) is 12.4. The van der Waals surface area contributed by atoms with E-state index in [0.29, 0.717) is 11.0 Å². The van der Waals surface area contributed by atoms with E-state index in [0.717, 1.165) is 5.56 Å². The fourth-order valence-corrected chi connectivity index (χ4v) is 3.26. The van der Waals surface area contributed by atoms with Gasteiger partial charge in [-0.2, -0.15) is 0 Å². The number of sulfonamides is 1.